The number of rotatable bonds is 6. The van der Waals surface area contributed by atoms with Gasteiger partial charge in [0.15, 0.2) is 0 Å². The van der Waals surface area contributed by atoms with Crippen molar-refractivity contribution in [2.75, 3.05) is 14.1 Å². The van der Waals surface area contributed by atoms with Gasteiger partial charge in [0.2, 0.25) is 5.09 Å². The van der Waals surface area contributed by atoms with Gasteiger partial charge in [-0.25, -0.2) is 12.7 Å². The van der Waals surface area contributed by atoms with Gasteiger partial charge in [-0.2, -0.15) is 0 Å². The molecule has 1 fully saturated rings. The molecule has 2 rings (SSSR count). The average molecular weight is 314 g/mol. The van der Waals surface area contributed by atoms with Crippen LogP contribution in [0.3, 0.4) is 0 Å². The number of nitrogens with one attached hydrogen (secondary N) is 1. The summed E-state index contributed by atoms with van der Waals surface area (Å²) in [6.07, 6.45) is 6.26. The molecule has 0 bridgehead atoms. The Bertz CT molecular complexity index is 551. The molecule has 1 N–H and O–H groups in total. The second kappa shape index (κ2) is 6.94. The summed E-state index contributed by atoms with van der Waals surface area (Å²) in [4.78, 5) is 0. The molecule has 2 unspecified atom stereocenters. The van der Waals surface area contributed by atoms with Crippen LogP contribution >= 0.6 is 0 Å². The van der Waals surface area contributed by atoms with Crippen molar-refractivity contribution in [3.63, 3.8) is 0 Å². The number of furan rings is 1. The van der Waals surface area contributed by atoms with Crippen molar-refractivity contribution in [3.05, 3.63) is 17.9 Å². The third kappa shape index (κ3) is 3.87. The summed E-state index contributed by atoms with van der Waals surface area (Å²) in [5.41, 5.74) is 0. The molecule has 0 saturated heterocycles. The lowest BCUT2D eigenvalue weighted by Crippen LogP contribution is -2.37. The van der Waals surface area contributed by atoms with Gasteiger partial charge >= 0.3 is 0 Å². The minimum absolute atomic E-state index is 0.0139. The van der Waals surface area contributed by atoms with Crippen LogP contribution in [0.25, 0.3) is 0 Å². The Balaban J connectivity index is 1.97. The van der Waals surface area contributed by atoms with Crippen LogP contribution in [-0.2, 0) is 16.6 Å². The quantitative estimate of drug-likeness (QED) is 0.876. The van der Waals surface area contributed by atoms with Gasteiger partial charge in [0.25, 0.3) is 10.0 Å². The van der Waals surface area contributed by atoms with Crippen LogP contribution in [0.1, 0.15) is 44.8 Å². The van der Waals surface area contributed by atoms with Gasteiger partial charge in [0, 0.05) is 20.1 Å². The van der Waals surface area contributed by atoms with E-state index >= 15 is 0 Å². The maximum atomic E-state index is 12.0. The summed E-state index contributed by atoms with van der Waals surface area (Å²) in [6.45, 7) is 2.82. The third-order valence-electron chi connectivity index (χ3n) is 4.34. The van der Waals surface area contributed by atoms with E-state index in [-0.39, 0.29) is 5.09 Å². The van der Waals surface area contributed by atoms with E-state index in [4.69, 9.17) is 4.42 Å². The fourth-order valence-corrected chi connectivity index (χ4v) is 3.78. The first-order chi connectivity index (χ1) is 9.95. The van der Waals surface area contributed by atoms with Crippen LogP contribution in [0.5, 0.6) is 0 Å². The number of hydrogen-bond acceptors (Lipinski definition) is 4. The van der Waals surface area contributed by atoms with Gasteiger partial charge in [0.1, 0.15) is 5.76 Å². The molecule has 1 aromatic rings. The number of nitrogens with zero attached hydrogens (tertiary/aromatic N) is 1. The molecule has 1 heterocycles. The molecule has 0 aliphatic heterocycles. The summed E-state index contributed by atoms with van der Waals surface area (Å²) in [7, 11) is -0.469. The van der Waals surface area contributed by atoms with E-state index in [9.17, 15) is 8.42 Å². The van der Waals surface area contributed by atoms with Gasteiger partial charge in [-0.15, -0.1) is 0 Å². The minimum atomic E-state index is -3.48. The van der Waals surface area contributed by atoms with E-state index in [1.807, 2.05) is 0 Å². The molecule has 5 nitrogen and oxygen atoms in total. The van der Waals surface area contributed by atoms with Gasteiger partial charge in [0.05, 0.1) is 6.54 Å². The molecule has 21 heavy (non-hydrogen) atoms. The van der Waals surface area contributed by atoms with Crippen molar-refractivity contribution in [1.82, 2.24) is 9.62 Å². The summed E-state index contributed by atoms with van der Waals surface area (Å²) >= 11 is 0. The molecule has 1 saturated carbocycles. The molecule has 0 aromatic carbocycles. The lowest BCUT2D eigenvalue weighted by Gasteiger charge is -2.31. The Morgan fingerprint density at radius 3 is 2.67 bits per heavy atom. The van der Waals surface area contributed by atoms with E-state index in [0.29, 0.717) is 18.3 Å². The van der Waals surface area contributed by atoms with Crippen LogP contribution in [0.15, 0.2) is 21.6 Å². The van der Waals surface area contributed by atoms with Gasteiger partial charge < -0.3 is 9.73 Å². The molecule has 0 radical (unpaired) electrons. The molecule has 2 atom stereocenters. The van der Waals surface area contributed by atoms with Crippen molar-refractivity contribution >= 4 is 10.0 Å². The highest BCUT2D eigenvalue weighted by atomic mass is 32.2. The van der Waals surface area contributed by atoms with Crippen LogP contribution in [-0.4, -0.2) is 32.9 Å². The Hall–Kier alpha value is -0.850. The molecule has 0 spiro atoms. The van der Waals surface area contributed by atoms with Crippen LogP contribution < -0.4 is 5.32 Å². The highest BCUT2D eigenvalue weighted by Crippen LogP contribution is 2.27. The number of sulfonamides is 1. The highest BCUT2D eigenvalue weighted by Gasteiger charge is 2.24. The first-order valence-corrected chi connectivity index (χ1v) is 9.13. The largest absolute Gasteiger partial charge is 0.447 e. The predicted octanol–water partition coefficient (Wildman–Crippen LogP) is 2.59. The van der Waals surface area contributed by atoms with E-state index in [2.05, 4.69) is 12.2 Å². The third-order valence-corrected chi connectivity index (χ3v) is 6.03. The summed E-state index contributed by atoms with van der Waals surface area (Å²) in [5, 5.41) is 3.54. The zero-order chi connectivity index (χ0) is 15.5. The maximum Gasteiger partial charge on any atom is 0.275 e. The Morgan fingerprint density at radius 1 is 1.29 bits per heavy atom. The second-order valence-corrected chi connectivity index (χ2v) is 8.03. The SMILES string of the molecule is CCC1CCCCC1NCc1ccc(S(=O)(=O)N(C)C)o1. The van der Waals surface area contributed by atoms with E-state index in [1.165, 1.54) is 52.3 Å². The van der Waals surface area contributed by atoms with E-state index in [1.54, 1.807) is 6.07 Å². The summed E-state index contributed by atoms with van der Waals surface area (Å²) in [6, 6.07) is 3.79. The highest BCUT2D eigenvalue weighted by molar-refractivity contribution is 7.88. The first-order valence-electron chi connectivity index (χ1n) is 7.69. The van der Waals surface area contributed by atoms with Crippen molar-refractivity contribution in [3.8, 4) is 0 Å². The zero-order valence-corrected chi connectivity index (χ0v) is 13.9. The standard InChI is InChI=1S/C15H26N2O3S/c1-4-12-7-5-6-8-14(12)16-11-13-9-10-15(20-13)21(18,19)17(2)3/h9-10,12,14,16H,4-8,11H2,1-3H3. The van der Waals surface area contributed by atoms with Crippen molar-refractivity contribution < 1.29 is 12.8 Å². The van der Waals surface area contributed by atoms with Gasteiger partial charge in [-0.3, -0.25) is 0 Å². The normalized spacial score (nSPS) is 23.6. The molecule has 120 valence electrons. The lowest BCUT2D eigenvalue weighted by molar-refractivity contribution is 0.247. The fourth-order valence-electron chi connectivity index (χ4n) is 2.97. The monoisotopic (exact) mass is 314 g/mol. The summed E-state index contributed by atoms with van der Waals surface area (Å²) in [5.74, 6) is 1.40. The molecule has 0 amide bonds. The molecule has 6 heteroatoms. The summed E-state index contributed by atoms with van der Waals surface area (Å²) < 4.78 is 30.6. The zero-order valence-electron chi connectivity index (χ0n) is 13.1. The fraction of sp³-hybridized carbons (Fsp3) is 0.733. The molecule has 1 aromatic heterocycles. The van der Waals surface area contributed by atoms with Crippen molar-refractivity contribution in [2.45, 2.75) is 56.7 Å². The second-order valence-electron chi connectivity index (χ2n) is 5.95. The molecular formula is C15H26N2O3S. The Morgan fingerprint density at radius 2 is 2.00 bits per heavy atom. The smallest absolute Gasteiger partial charge is 0.275 e. The molecule has 1 aliphatic rings. The van der Waals surface area contributed by atoms with Crippen LogP contribution in [0.4, 0.5) is 0 Å². The van der Waals surface area contributed by atoms with Crippen LogP contribution in [0.2, 0.25) is 0 Å². The topological polar surface area (TPSA) is 62.6 Å². The average Bonchev–Trinajstić information content (AvgIpc) is 2.94. The van der Waals surface area contributed by atoms with Gasteiger partial charge in [-0.1, -0.05) is 26.2 Å². The van der Waals surface area contributed by atoms with E-state index < -0.39 is 10.0 Å². The van der Waals surface area contributed by atoms with E-state index in [0.717, 1.165) is 10.2 Å². The molecular weight excluding hydrogens is 288 g/mol. The number of hydrogen-bond donors (Lipinski definition) is 1. The predicted molar refractivity (Wildman–Crippen MR) is 82.5 cm³/mol. The van der Waals surface area contributed by atoms with Crippen molar-refractivity contribution in [2.24, 2.45) is 5.92 Å². The Labute approximate surface area is 127 Å². The maximum absolute atomic E-state index is 12.0. The Kier molecular flexibility index (Phi) is 5.46. The van der Waals surface area contributed by atoms with Crippen molar-refractivity contribution in [1.29, 1.82) is 0 Å². The lowest BCUT2D eigenvalue weighted by atomic mass is 9.83. The van der Waals surface area contributed by atoms with Crippen LogP contribution in [0, 0.1) is 5.92 Å². The van der Waals surface area contributed by atoms with Gasteiger partial charge in [-0.05, 0) is 30.9 Å². The molecule has 1 aliphatic carbocycles. The first kappa shape index (κ1) is 16.5. The minimum Gasteiger partial charge on any atom is -0.447 e.